The standard InChI is InChI=1S/C13H16O2/c1-3-7-11(2)13(14)15-10-12-8-5-4-6-9-12/h4-9H,3,10H2,1-2H3/b11-7+. The Hall–Kier alpha value is -1.57. The zero-order valence-corrected chi connectivity index (χ0v) is 9.19. The third-order valence-electron chi connectivity index (χ3n) is 2.05. The summed E-state index contributed by atoms with van der Waals surface area (Å²) in [5.74, 6) is -0.235. The third kappa shape index (κ3) is 3.98. The molecular formula is C13H16O2. The van der Waals surface area contributed by atoms with Crippen molar-refractivity contribution in [2.24, 2.45) is 0 Å². The van der Waals surface area contributed by atoms with Gasteiger partial charge in [-0.25, -0.2) is 4.79 Å². The van der Waals surface area contributed by atoms with Gasteiger partial charge in [0.15, 0.2) is 0 Å². The number of esters is 1. The summed E-state index contributed by atoms with van der Waals surface area (Å²) in [4.78, 5) is 11.4. The van der Waals surface area contributed by atoms with E-state index < -0.39 is 0 Å². The predicted molar refractivity (Wildman–Crippen MR) is 60.3 cm³/mol. The first-order valence-electron chi connectivity index (χ1n) is 5.12. The maximum absolute atomic E-state index is 11.4. The van der Waals surface area contributed by atoms with E-state index in [1.165, 1.54) is 0 Å². The number of benzene rings is 1. The molecule has 2 heteroatoms. The highest BCUT2D eigenvalue weighted by atomic mass is 16.5. The van der Waals surface area contributed by atoms with Gasteiger partial charge in [0.1, 0.15) is 6.61 Å². The van der Waals surface area contributed by atoms with Crippen LogP contribution in [0.3, 0.4) is 0 Å². The van der Waals surface area contributed by atoms with Crippen LogP contribution in [0.15, 0.2) is 42.0 Å². The average molecular weight is 204 g/mol. The van der Waals surface area contributed by atoms with Gasteiger partial charge in [-0.2, -0.15) is 0 Å². The molecule has 0 amide bonds. The van der Waals surface area contributed by atoms with Gasteiger partial charge in [-0.15, -0.1) is 0 Å². The Labute approximate surface area is 90.6 Å². The second-order valence-electron chi connectivity index (χ2n) is 3.36. The van der Waals surface area contributed by atoms with Gasteiger partial charge in [-0.1, -0.05) is 43.3 Å². The fourth-order valence-corrected chi connectivity index (χ4v) is 1.23. The highest BCUT2D eigenvalue weighted by Crippen LogP contribution is 2.04. The monoisotopic (exact) mass is 204 g/mol. The van der Waals surface area contributed by atoms with Crippen LogP contribution in [0.4, 0.5) is 0 Å². The number of hydrogen-bond donors (Lipinski definition) is 0. The normalized spacial score (nSPS) is 11.2. The van der Waals surface area contributed by atoms with E-state index in [1.54, 1.807) is 6.92 Å². The van der Waals surface area contributed by atoms with Gasteiger partial charge in [-0.05, 0) is 18.9 Å². The van der Waals surface area contributed by atoms with E-state index in [4.69, 9.17) is 4.74 Å². The molecule has 0 bridgehead atoms. The van der Waals surface area contributed by atoms with Crippen molar-refractivity contribution in [2.45, 2.75) is 26.9 Å². The molecule has 1 aromatic rings. The minimum Gasteiger partial charge on any atom is -0.457 e. The maximum atomic E-state index is 11.4. The molecule has 1 aromatic carbocycles. The van der Waals surface area contributed by atoms with Gasteiger partial charge >= 0.3 is 5.97 Å². The van der Waals surface area contributed by atoms with Crippen LogP contribution in [0.5, 0.6) is 0 Å². The van der Waals surface area contributed by atoms with Crippen LogP contribution in [-0.4, -0.2) is 5.97 Å². The Morgan fingerprint density at radius 3 is 2.60 bits per heavy atom. The molecule has 15 heavy (non-hydrogen) atoms. The Morgan fingerprint density at radius 2 is 2.00 bits per heavy atom. The van der Waals surface area contributed by atoms with Crippen LogP contribution in [0.25, 0.3) is 0 Å². The van der Waals surface area contributed by atoms with Gasteiger partial charge in [0, 0.05) is 5.57 Å². The first kappa shape index (κ1) is 11.5. The van der Waals surface area contributed by atoms with Crippen LogP contribution in [0.1, 0.15) is 25.8 Å². The van der Waals surface area contributed by atoms with Gasteiger partial charge in [0.05, 0.1) is 0 Å². The van der Waals surface area contributed by atoms with Crippen molar-refractivity contribution in [3.63, 3.8) is 0 Å². The second kappa shape index (κ2) is 6.02. The largest absolute Gasteiger partial charge is 0.457 e. The van der Waals surface area contributed by atoms with Gasteiger partial charge in [0.2, 0.25) is 0 Å². The fourth-order valence-electron chi connectivity index (χ4n) is 1.23. The van der Waals surface area contributed by atoms with Crippen molar-refractivity contribution in [2.75, 3.05) is 0 Å². The highest BCUT2D eigenvalue weighted by Gasteiger charge is 2.04. The molecule has 0 atom stereocenters. The predicted octanol–water partition coefficient (Wildman–Crippen LogP) is 3.09. The molecule has 0 spiro atoms. The molecule has 0 heterocycles. The van der Waals surface area contributed by atoms with Crippen molar-refractivity contribution in [3.8, 4) is 0 Å². The topological polar surface area (TPSA) is 26.3 Å². The summed E-state index contributed by atoms with van der Waals surface area (Å²) < 4.78 is 5.14. The van der Waals surface area contributed by atoms with Crippen LogP contribution in [0, 0.1) is 0 Å². The summed E-state index contributed by atoms with van der Waals surface area (Å²) in [6.07, 6.45) is 2.72. The number of allylic oxidation sites excluding steroid dienone is 1. The molecule has 0 aromatic heterocycles. The van der Waals surface area contributed by atoms with Gasteiger partial charge in [0.25, 0.3) is 0 Å². The van der Waals surface area contributed by atoms with E-state index in [0.717, 1.165) is 12.0 Å². The molecule has 1 rings (SSSR count). The Balaban J connectivity index is 2.45. The average Bonchev–Trinajstić information content (AvgIpc) is 2.27. The number of carbonyl (C=O) groups is 1. The lowest BCUT2D eigenvalue weighted by Crippen LogP contribution is -2.05. The number of ether oxygens (including phenoxy) is 1. The SMILES string of the molecule is CC/C=C(\C)C(=O)OCc1ccccc1. The van der Waals surface area contributed by atoms with Crippen LogP contribution >= 0.6 is 0 Å². The molecule has 80 valence electrons. The number of hydrogen-bond acceptors (Lipinski definition) is 2. The lowest BCUT2D eigenvalue weighted by molar-refractivity contribution is -0.140. The molecule has 2 nitrogen and oxygen atoms in total. The van der Waals surface area contributed by atoms with E-state index in [1.807, 2.05) is 43.3 Å². The molecule has 0 aliphatic rings. The minimum atomic E-state index is -0.235. The zero-order valence-electron chi connectivity index (χ0n) is 9.19. The first-order chi connectivity index (χ1) is 7.24. The molecule has 0 saturated carbocycles. The second-order valence-corrected chi connectivity index (χ2v) is 3.36. The summed E-state index contributed by atoms with van der Waals surface area (Å²) in [5, 5.41) is 0. The smallest absolute Gasteiger partial charge is 0.333 e. The van der Waals surface area contributed by atoms with Crippen molar-refractivity contribution < 1.29 is 9.53 Å². The summed E-state index contributed by atoms with van der Waals surface area (Å²) in [6.45, 7) is 4.11. The Morgan fingerprint density at radius 1 is 1.33 bits per heavy atom. The van der Waals surface area contributed by atoms with Crippen molar-refractivity contribution in [1.82, 2.24) is 0 Å². The molecule has 0 radical (unpaired) electrons. The summed E-state index contributed by atoms with van der Waals surface area (Å²) in [7, 11) is 0. The summed E-state index contributed by atoms with van der Waals surface area (Å²) in [6, 6.07) is 9.67. The summed E-state index contributed by atoms with van der Waals surface area (Å²) >= 11 is 0. The van der Waals surface area contributed by atoms with Gasteiger partial charge < -0.3 is 4.74 Å². The van der Waals surface area contributed by atoms with E-state index in [-0.39, 0.29) is 5.97 Å². The molecule has 0 aliphatic carbocycles. The number of carbonyl (C=O) groups excluding carboxylic acids is 1. The molecule has 0 fully saturated rings. The zero-order chi connectivity index (χ0) is 11.1. The van der Waals surface area contributed by atoms with Crippen molar-refractivity contribution >= 4 is 5.97 Å². The number of rotatable bonds is 4. The van der Waals surface area contributed by atoms with E-state index in [2.05, 4.69) is 0 Å². The minimum absolute atomic E-state index is 0.235. The Bertz CT molecular complexity index is 339. The van der Waals surface area contributed by atoms with E-state index in [9.17, 15) is 4.79 Å². The van der Waals surface area contributed by atoms with E-state index >= 15 is 0 Å². The van der Waals surface area contributed by atoms with Crippen molar-refractivity contribution in [3.05, 3.63) is 47.5 Å². The molecular weight excluding hydrogens is 188 g/mol. The van der Waals surface area contributed by atoms with Crippen molar-refractivity contribution in [1.29, 1.82) is 0 Å². The van der Waals surface area contributed by atoms with Crippen LogP contribution in [-0.2, 0) is 16.1 Å². The lowest BCUT2D eigenvalue weighted by atomic mass is 10.2. The Kier molecular flexibility index (Phi) is 4.61. The van der Waals surface area contributed by atoms with Crippen LogP contribution in [0.2, 0.25) is 0 Å². The quantitative estimate of drug-likeness (QED) is 0.556. The lowest BCUT2D eigenvalue weighted by Gasteiger charge is -2.04. The molecule has 0 unspecified atom stereocenters. The third-order valence-corrected chi connectivity index (χ3v) is 2.05. The molecule has 0 saturated heterocycles. The van der Waals surface area contributed by atoms with Gasteiger partial charge in [-0.3, -0.25) is 0 Å². The van der Waals surface area contributed by atoms with Crippen LogP contribution < -0.4 is 0 Å². The van der Waals surface area contributed by atoms with E-state index in [0.29, 0.717) is 12.2 Å². The summed E-state index contributed by atoms with van der Waals surface area (Å²) in [5.41, 5.74) is 1.68. The first-order valence-corrected chi connectivity index (χ1v) is 5.12. The highest BCUT2D eigenvalue weighted by molar-refractivity contribution is 5.87. The molecule has 0 aliphatic heterocycles. The maximum Gasteiger partial charge on any atom is 0.333 e. The molecule has 0 N–H and O–H groups in total. The fraction of sp³-hybridized carbons (Fsp3) is 0.308.